The summed E-state index contributed by atoms with van der Waals surface area (Å²) < 4.78 is 0. The van der Waals surface area contributed by atoms with Crippen LogP contribution in [-0.4, -0.2) is 10.2 Å². The van der Waals surface area contributed by atoms with Gasteiger partial charge in [0, 0.05) is 0 Å². The van der Waals surface area contributed by atoms with Crippen molar-refractivity contribution in [3.05, 3.63) is 70.8 Å². The first-order chi connectivity index (χ1) is 10.0. The standard InChI is InChI=1S/C19H20O2/c1-14(2)3-9-17-10-6-16(13-19(17)21)5-4-15-7-11-18(20)12-8-15/h3-8,10-13,20-21H,9H2,1-2H3. The number of phenols is 2. The van der Waals surface area contributed by atoms with Crippen LogP contribution in [0.5, 0.6) is 11.5 Å². The third kappa shape index (κ3) is 4.53. The number of hydrogen-bond acceptors (Lipinski definition) is 2. The molecule has 2 rings (SSSR count). The van der Waals surface area contributed by atoms with E-state index in [0.717, 1.165) is 23.1 Å². The molecule has 2 N–H and O–H groups in total. The van der Waals surface area contributed by atoms with E-state index in [1.165, 1.54) is 5.57 Å². The fraction of sp³-hybridized carbons (Fsp3) is 0.158. The van der Waals surface area contributed by atoms with E-state index in [-0.39, 0.29) is 5.75 Å². The smallest absolute Gasteiger partial charge is 0.119 e. The largest absolute Gasteiger partial charge is 0.508 e. The lowest BCUT2D eigenvalue weighted by molar-refractivity contribution is 0.469. The Morgan fingerprint density at radius 3 is 2.14 bits per heavy atom. The Kier molecular flexibility index (Phi) is 4.83. The molecule has 0 aliphatic carbocycles. The first-order valence-electron chi connectivity index (χ1n) is 6.97. The first kappa shape index (κ1) is 14.9. The Labute approximate surface area is 125 Å². The monoisotopic (exact) mass is 280 g/mol. The van der Waals surface area contributed by atoms with Crippen molar-refractivity contribution in [1.29, 1.82) is 0 Å². The minimum absolute atomic E-state index is 0.258. The van der Waals surface area contributed by atoms with Gasteiger partial charge < -0.3 is 10.2 Å². The van der Waals surface area contributed by atoms with Crippen LogP contribution in [-0.2, 0) is 6.42 Å². The zero-order valence-corrected chi connectivity index (χ0v) is 12.4. The summed E-state index contributed by atoms with van der Waals surface area (Å²) >= 11 is 0. The van der Waals surface area contributed by atoms with Crippen molar-refractivity contribution in [1.82, 2.24) is 0 Å². The highest BCUT2D eigenvalue weighted by Crippen LogP contribution is 2.22. The summed E-state index contributed by atoms with van der Waals surface area (Å²) in [5, 5.41) is 19.3. The third-order valence-electron chi connectivity index (χ3n) is 3.20. The fourth-order valence-corrected chi connectivity index (χ4v) is 1.95. The molecule has 0 unspecified atom stereocenters. The maximum absolute atomic E-state index is 10.0. The summed E-state index contributed by atoms with van der Waals surface area (Å²) in [6.45, 7) is 4.09. The first-order valence-corrected chi connectivity index (χ1v) is 6.97. The molecule has 2 aromatic rings. The lowest BCUT2D eigenvalue weighted by atomic mass is 10.1. The molecule has 0 aromatic heterocycles. The van der Waals surface area contributed by atoms with Crippen LogP contribution in [0.2, 0.25) is 0 Å². The topological polar surface area (TPSA) is 40.5 Å². The van der Waals surface area contributed by atoms with E-state index in [0.29, 0.717) is 5.75 Å². The lowest BCUT2D eigenvalue weighted by Crippen LogP contribution is -1.84. The van der Waals surface area contributed by atoms with Crippen LogP contribution < -0.4 is 0 Å². The lowest BCUT2D eigenvalue weighted by Gasteiger charge is -2.03. The molecule has 0 heterocycles. The van der Waals surface area contributed by atoms with Crippen LogP contribution in [0.1, 0.15) is 30.5 Å². The van der Waals surface area contributed by atoms with Gasteiger partial charge in [-0.15, -0.1) is 0 Å². The van der Waals surface area contributed by atoms with Gasteiger partial charge in [0.25, 0.3) is 0 Å². The third-order valence-corrected chi connectivity index (χ3v) is 3.20. The minimum Gasteiger partial charge on any atom is -0.508 e. The molecule has 2 nitrogen and oxygen atoms in total. The Balaban J connectivity index is 2.12. The van der Waals surface area contributed by atoms with Gasteiger partial charge in [-0.1, -0.05) is 48.1 Å². The number of rotatable bonds is 4. The Hall–Kier alpha value is -2.48. The van der Waals surface area contributed by atoms with Crippen molar-refractivity contribution in [2.45, 2.75) is 20.3 Å². The van der Waals surface area contributed by atoms with Crippen molar-refractivity contribution in [2.24, 2.45) is 0 Å². The number of hydrogen-bond donors (Lipinski definition) is 2. The van der Waals surface area contributed by atoms with Crippen LogP contribution in [0, 0.1) is 0 Å². The van der Waals surface area contributed by atoms with E-state index in [2.05, 4.69) is 6.08 Å². The van der Waals surface area contributed by atoms with Gasteiger partial charge in [-0.2, -0.15) is 0 Å². The molecular formula is C19H20O2. The predicted molar refractivity (Wildman–Crippen MR) is 88.3 cm³/mol. The highest BCUT2D eigenvalue weighted by atomic mass is 16.3. The number of phenolic OH excluding ortho intramolecular Hbond substituents is 2. The van der Waals surface area contributed by atoms with E-state index in [9.17, 15) is 10.2 Å². The molecule has 0 saturated carbocycles. The zero-order chi connectivity index (χ0) is 15.2. The van der Waals surface area contributed by atoms with Crippen LogP contribution in [0.15, 0.2) is 54.1 Å². The number of allylic oxidation sites excluding steroid dienone is 2. The Bertz CT molecular complexity index is 660. The van der Waals surface area contributed by atoms with Gasteiger partial charge in [-0.3, -0.25) is 0 Å². The SMILES string of the molecule is CC(C)=CCc1ccc(C=Cc2ccc(O)cc2)cc1O. The van der Waals surface area contributed by atoms with Gasteiger partial charge in [0.05, 0.1) is 0 Å². The van der Waals surface area contributed by atoms with E-state index in [4.69, 9.17) is 0 Å². The summed E-state index contributed by atoms with van der Waals surface area (Å²) in [6.07, 6.45) is 6.73. The highest BCUT2D eigenvalue weighted by molar-refractivity contribution is 5.70. The minimum atomic E-state index is 0.258. The zero-order valence-electron chi connectivity index (χ0n) is 12.4. The van der Waals surface area contributed by atoms with Crippen molar-refractivity contribution in [3.8, 4) is 11.5 Å². The summed E-state index contributed by atoms with van der Waals surface area (Å²) in [7, 11) is 0. The maximum atomic E-state index is 10.0. The van der Waals surface area contributed by atoms with Gasteiger partial charge >= 0.3 is 0 Å². The molecule has 0 spiro atoms. The maximum Gasteiger partial charge on any atom is 0.119 e. The molecule has 0 radical (unpaired) electrons. The molecule has 21 heavy (non-hydrogen) atoms. The van der Waals surface area contributed by atoms with Gasteiger partial charge in [0.15, 0.2) is 0 Å². The van der Waals surface area contributed by atoms with E-state index in [1.54, 1.807) is 18.2 Å². The second-order valence-electron chi connectivity index (χ2n) is 5.30. The van der Waals surface area contributed by atoms with Crippen molar-refractivity contribution < 1.29 is 10.2 Å². The molecule has 0 aliphatic heterocycles. The second-order valence-corrected chi connectivity index (χ2v) is 5.30. The fourth-order valence-electron chi connectivity index (χ4n) is 1.95. The quantitative estimate of drug-likeness (QED) is 0.625. The Morgan fingerprint density at radius 1 is 0.905 bits per heavy atom. The summed E-state index contributed by atoms with van der Waals surface area (Å²) in [5.74, 6) is 0.578. The normalized spacial score (nSPS) is 10.8. The van der Waals surface area contributed by atoms with Crippen LogP contribution >= 0.6 is 0 Å². The van der Waals surface area contributed by atoms with E-state index >= 15 is 0 Å². The van der Waals surface area contributed by atoms with Gasteiger partial charge in [-0.25, -0.2) is 0 Å². The van der Waals surface area contributed by atoms with Crippen molar-refractivity contribution in [2.75, 3.05) is 0 Å². The summed E-state index contributed by atoms with van der Waals surface area (Å²) in [5.41, 5.74) is 4.12. The van der Waals surface area contributed by atoms with Crippen molar-refractivity contribution >= 4 is 12.2 Å². The summed E-state index contributed by atoms with van der Waals surface area (Å²) in [6, 6.07) is 12.7. The van der Waals surface area contributed by atoms with Gasteiger partial charge in [-0.05, 0) is 55.2 Å². The molecule has 0 atom stereocenters. The molecule has 0 saturated heterocycles. The van der Waals surface area contributed by atoms with E-state index in [1.807, 2.05) is 50.3 Å². The highest BCUT2D eigenvalue weighted by Gasteiger charge is 2.00. The summed E-state index contributed by atoms with van der Waals surface area (Å²) in [4.78, 5) is 0. The molecule has 0 fully saturated rings. The van der Waals surface area contributed by atoms with Crippen LogP contribution in [0.25, 0.3) is 12.2 Å². The van der Waals surface area contributed by atoms with Gasteiger partial charge in [0.2, 0.25) is 0 Å². The van der Waals surface area contributed by atoms with Crippen LogP contribution in [0.4, 0.5) is 0 Å². The molecule has 0 amide bonds. The average molecular weight is 280 g/mol. The molecule has 2 aromatic carbocycles. The molecule has 0 aliphatic rings. The Morgan fingerprint density at radius 2 is 1.52 bits per heavy atom. The number of benzene rings is 2. The molecule has 108 valence electrons. The van der Waals surface area contributed by atoms with Crippen molar-refractivity contribution in [3.63, 3.8) is 0 Å². The van der Waals surface area contributed by atoms with Gasteiger partial charge in [0.1, 0.15) is 11.5 Å². The average Bonchev–Trinajstić information content (AvgIpc) is 2.45. The predicted octanol–water partition coefficient (Wildman–Crippen LogP) is 4.78. The molecular weight excluding hydrogens is 260 g/mol. The van der Waals surface area contributed by atoms with E-state index < -0.39 is 0 Å². The molecule has 2 heteroatoms. The molecule has 0 bridgehead atoms. The number of aromatic hydroxyl groups is 2. The second kappa shape index (κ2) is 6.80. The van der Waals surface area contributed by atoms with Crippen LogP contribution in [0.3, 0.4) is 0 Å².